The van der Waals surface area contributed by atoms with Gasteiger partial charge in [0.15, 0.2) is 5.78 Å². The van der Waals surface area contributed by atoms with Crippen LogP contribution in [0, 0.1) is 71.9 Å². The van der Waals surface area contributed by atoms with E-state index in [1.165, 1.54) is 50.1 Å². The molecule has 0 aliphatic carbocycles. The standard InChI is InChI=1S/C19H22N3O3.C18H25NO.C17H23NO2.C17H21NO.C16H18NO3.C6H4Cl.CH3.2V/c1-5-22-16-7-6-13(8-14(16)10-20-19(22)24)18-12(4)25-21-15(18)9-17(23)11(2)3;1-11(2)20-15(6)16-7-12(3)8-17(9-16)18-13(4)10-19-14(18)5;1-10(2)20-16-7-14(13(5)19)6-15(8-16)17-11(3)9-18-12(17)4;1-10(2)17(19)15-7-11(3)6-14(8-15)16-12(4)9-18-13(16)5;1-10(2)14(18)9-15-16(11(3)17-20-15)12-6-5-7-13(8-12)19-4;7-6-4-2-1-3-5-6;;;/h6-8,11H,1,5,9-10H2,2-4H3,(H,20,24);7-9,11,15H,10H2,1-6H3;6-8,10,13,19H,9H2,1-5H3;6-8,10H,9H2,1-5H3;6-8,10H,9H2,1-4H3;2-5H;1H3;;/q-1;;;;3*-1;2*+2. The molecule has 8 aromatic rings. The number of hydrogen-bond donors (Lipinski definition) is 2. The van der Waals surface area contributed by atoms with Crippen LogP contribution in [0.15, 0.2) is 156 Å². The second kappa shape index (κ2) is 45.5. The first-order chi connectivity index (χ1) is 52.5. The molecular formula is C94H116ClN7O10V2. The van der Waals surface area contributed by atoms with E-state index in [2.05, 4.69) is 129 Å². The van der Waals surface area contributed by atoms with Gasteiger partial charge >= 0.3 is 43.1 Å². The van der Waals surface area contributed by atoms with Gasteiger partial charge in [0, 0.05) is 80.7 Å². The fourth-order valence-corrected chi connectivity index (χ4v) is 13.4. The summed E-state index contributed by atoms with van der Waals surface area (Å²) in [5.41, 5.74) is 26.5. The van der Waals surface area contributed by atoms with Gasteiger partial charge in [-0.05, 0) is 226 Å². The van der Waals surface area contributed by atoms with Crippen LogP contribution in [0.3, 0.4) is 0 Å². The third-order valence-corrected chi connectivity index (χ3v) is 19.2. The molecule has 0 saturated heterocycles. The number of allylic oxidation sites excluding steroid dienone is 3. The molecule has 17 nitrogen and oxygen atoms in total. The zero-order valence-corrected chi connectivity index (χ0v) is 74.8. The van der Waals surface area contributed by atoms with E-state index in [-0.39, 0.29) is 117 Å². The predicted molar refractivity (Wildman–Crippen MR) is 458 cm³/mol. The van der Waals surface area contributed by atoms with Crippen LogP contribution in [0.4, 0.5) is 10.5 Å². The fraction of sp³-hybridized carbons (Fsp3) is 0.394. The number of hydrogen-bond acceptors (Lipinski definition) is 15. The Bertz CT molecular complexity index is 4820. The molecule has 2 N–H and O–H groups in total. The molecule has 4 aliphatic rings. The Labute approximate surface area is 707 Å². The normalized spacial score (nSPS) is 13.9. The monoisotopic (exact) mass is 1640 g/mol. The van der Waals surface area contributed by atoms with Crippen LogP contribution in [0.25, 0.3) is 39.0 Å². The Morgan fingerprint density at radius 1 is 0.588 bits per heavy atom. The number of urea groups is 1. The number of carbonyl (C=O) groups excluding carboxylic acids is 4. The maximum absolute atomic E-state index is 12.2. The summed E-state index contributed by atoms with van der Waals surface area (Å²) in [5, 5.41) is 21.5. The molecule has 2 radical (unpaired) electrons. The van der Waals surface area contributed by atoms with Crippen LogP contribution in [-0.2, 0) is 70.8 Å². The molecule has 604 valence electrons. The van der Waals surface area contributed by atoms with Crippen molar-refractivity contribution in [1.29, 1.82) is 0 Å². The SMILES string of the molecule is CC1=NCC(C)=C1c1cc(C)cc(C(=O)C(C)C)c1.CC1=NCC(C)=C1c1cc(C)cc(C(C)OC(C)C)c1.CC1=NCC(C)=C1c1cc(OC(C)C)cc(C(C)O)c1.COc1c[c-]cc(-c2c(C)noc2CC(=O)C(C)C)c1.Clc1cc[c-]cc1.[CH2-]CN1C(=O)NCc2cc(-c3c(CC(=O)C(C)C)noc3C)ccc21.[CH3-].[V+2].[V+2]. The zero-order valence-electron chi connectivity index (χ0n) is 71.2. The van der Waals surface area contributed by atoms with E-state index in [9.17, 15) is 24.3 Å². The van der Waals surface area contributed by atoms with Crippen molar-refractivity contribution < 1.29 is 84.7 Å². The first-order valence-electron chi connectivity index (χ1n) is 38.2. The molecule has 20 heteroatoms. The number of rotatable bonds is 21. The molecule has 12 rings (SSSR count). The third-order valence-electron chi connectivity index (χ3n) is 19.0. The number of aliphatic hydroxyl groups is 1. The number of anilines is 1. The summed E-state index contributed by atoms with van der Waals surface area (Å²) in [5.74, 6) is 3.22. The van der Waals surface area contributed by atoms with E-state index >= 15 is 0 Å². The number of benzene rings is 6. The number of halogens is 1. The Balaban J connectivity index is 0.000000292. The van der Waals surface area contributed by atoms with Gasteiger partial charge in [-0.1, -0.05) is 93.3 Å². The van der Waals surface area contributed by atoms with Crippen molar-refractivity contribution in [2.75, 3.05) is 38.2 Å². The molecule has 0 fully saturated rings. The number of methoxy groups -OCH3 is 1. The molecule has 2 amide bonds. The average Bonchev–Trinajstić information content (AvgIpc) is 1.40. The molecule has 2 atom stereocenters. The number of ether oxygens (including phenoxy) is 3. The number of carbonyl (C=O) groups is 4. The van der Waals surface area contributed by atoms with Crippen LogP contribution in [0.5, 0.6) is 11.5 Å². The molecule has 0 bridgehead atoms. The van der Waals surface area contributed by atoms with E-state index < -0.39 is 6.10 Å². The van der Waals surface area contributed by atoms with Gasteiger partial charge in [0.05, 0.1) is 75.4 Å². The Kier molecular flexibility index (Phi) is 39.0. The van der Waals surface area contributed by atoms with E-state index in [0.29, 0.717) is 36.1 Å². The summed E-state index contributed by atoms with van der Waals surface area (Å²) in [7, 11) is 1.61. The molecule has 6 aromatic carbocycles. The molecule has 0 saturated carbocycles. The maximum atomic E-state index is 12.2. The quantitative estimate of drug-likeness (QED) is 0.0507. The van der Waals surface area contributed by atoms with Crippen LogP contribution >= 0.6 is 11.6 Å². The van der Waals surface area contributed by atoms with E-state index in [1.54, 1.807) is 49.3 Å². The van der Waals surface area contributed by atoms with Gasteiger partial charge in [0.1, 0.15) is 28.8 Å². The number of Topliss-reactive ketones (excluding diaryl/α,β-unsaturated/α-hetero) is 3. The smallest absolute Gasteiger partial charge is 0.554 e. The van der Waals surface area contributed by atoms with Crippen molar-refractivity contribution in [2.45, 2.75) is 196 Å². The maximum Gasteiger partial charge on any atom is 2.00 e. The number of aliphatic imine (C=N–C) groups is 3. The van der Waals surface area contributed by atoms with Crippen LogP contribution in [-0.4, -0.2) is 101 Å². The fourth-order valence-electron chi connectivity index (χ4n) is 13.3. The minimum absolute atomic E-state index is 0. The number of aryl methyl sites for hydroxylation is 4. The van der Waals surface area contributed by atoms with Gasteiger partial charge in [-0.3, -0.25) is 29.4 Å². The Morgan fingerprint density at radius 3 is 1.61 bits per heavy atom. The van der Waals surface area contributed by atoms with Gasteiger partial charge in [0.2, 0.25) is 0 Å². The average molecular weight is 1640 g/mol. The van der Waals surface area contributed by atoms with Crippen molar-refractivity contribution in [2.24, 2.45) is 32.7 Å². The van der Waals surface area contributed by atoms with Crippen molar-refractivity contribution in [3.63, 3.8) is 0 Å². The molecular weight excluding hydrogens is 1520 g/mol. The number of aliphatic hydroxyl groups excluding tert-OH is 1. The molecule has 2 aromatic heterocycles. The molecule has 2 unspecified atom stereocenters. The van der Waals surface area contributed by atoms with Crippen LogP contribution < -0.4 is 19.7 Å². The number of nitrogens with zero attached hydrogens (tertiary/aromatic N) is 6. The summed E-state index contributed by atoms with van der Waals surface area (Å²) in [6, 6.07) is 43.0. The Morgan fingerprint density at radius 2 is 1.12 bits per heavy atom. The van der Waals surface area contributed by atoms with Crippen molar-refractivity contribution in [1.82, 2.24) is 15.6 Å². The largest absolute Gasteiger partial charge is 2.00 e. The van der Waals surface area contributed by atoms with Gasteiger partial charge in [-0.2, -0.15) is 42.5 Å². The van der Waals surface area contributed by atoms with Gasteiger partial charge in [-0.25, -0.2) is 4.79 Å². The van der Waals surface area contributed by atoms with Crippen LogP contribution in [0.1, 0.15) is 215 Å². The van der Waals surface area contributed by atoms with Crippen molar-refractivity contribution >= 4 is 74.5 Å². The van der Waals surface area contributed by atoms with E-state index in [1.807, 2.05) is 151 Å². The minimum Gasteiger partial charge on any atom is -0.554 e. The third kappa shape index (κ3) is 26.9. The summed E-state index contributed by atoms with van der Waals surface area (Å²) >= 11 is 5.52. The van der Waals surface area contributed by atoms with Crippen molar-refractivity contribution in [3.05, 3.63) is 236 Å². The molecule has 6 heterocycles. The van der Waals surface area contributed by atoms with Crippen molar-refractivity contribution in [3.8, 4) is 33.8 Å². The first-order valence-corrected chi connectivity index (χ1v) is 38.6. The predicted octanol–water partition coefficient (Wildman–Crippen LogP) is 21.7. The van der Waals surface area contributed by atoms with Gasteiger partial charge in [0.25, 0.3) is 0 Å². The molecule has 0 spiro atoms. The second-order valence-electron chi connectivity index (χ2n) is 30.1. The second-order valence-corrected chi connectivity index (χ2v) is 30.6. The summed E-state index contributed by atoms with van der Waals surface area (Å²) in [6.07, 6.45) is 0.469. The minimum atomic E-state index is -0.510. The van der Waals surface area contributed by atoms with Crippen LogP contribution in [0.2, 0.25) is 5.02 Å². The molecule has 114 heavy (non-hydrogen) atoms. The number of nitrogens with one attached hydrogen (secondary N) is 1. The molecule has 4 aliphatic heterocycles. The number of aromatic nitrogens is 2. The zero-order chi connectivity index (χ0) is 81.8. The first kappa shape index (κ1) is 97.6. The summed E-state index contributed by atoms with van der Waals surface area (Å²) in [4.78, 5) is 63.2. The van der Waals surface area contributed by atoms with E-state index in [0.717, 1.165) is 115 Å². The number of ketones is 3. The topological polar surface area (TPSA) is 221 Å². The van der Waals surface area contributed by atoms with Gasteiger partial charge in [-0.15, -0.1) is 29.3 Å². The number of amides is 2. The van der Waals surface area contributed by atoms with E-state index in [4.69, 9.17) is 34.9 Å². The Hall–Kier alpha value is -8.77. The number of fused-ring (bicyclic) bond motifs is 1. The summed E-state index contributed by atoms with van der Waals surface area (Å²) in [6.45, 7) is 50.9. The summed E-state index contributed by atoms with van der Waals surface area (Å²) < 4.78 is 27.6. The van der Waals surface area contributed by atoms with Gasteiger partial charge < -0.3 is 52.9 Å².